The van der Waals surface area contributed by atoms with Crippen LogP contribution in [0, 0.1) is 0 Å². The molecule has 1 heterocycles. The van der Waals surface area contributed by atoms with E-state index in [0.717, 1.165) is 39.7 Å². The third kappa shape index (κ3) is 4.85. The lowest BCUT2D eigenvalue weighted by molar-refractivity contribution is 0.660. The van der Waals surface area contributed by atoms with Gasteiger partial charge >= 0.3 is 0 Å². The Labute approximate surface area is 299 Å². The first-order valence-electron chi connectivity index (χ1n) is 18.3. The second-order valence-electron chi connectivity index (χ2n) is 14.8. The molecule has 0 atom stereocenters. The lowest BCUT2D eigenvalue weighted by atomic mass is 9.81. The zero-order chi connectivity index (χ0) is 34.1. The molecule has 2 aliphatic rings. The Kier molecular flexibility index (Phi) is 6.83. The molecule has 0 saturated carbocycles. The number of nitrogens with zero attached hydrogens (tertiary/aromatic N) is 1. The second-order valence-corrected chi connectivity index (χ2v) is 14.8. The summed E-state index contributed by atoms with van der Waals surface area (Å²) in [5.41, 5.74) is 18.4. The topological polar surface area (TPSA) is 16.4 Å². The van der Waals surface area contributed by atoms with Crippen LogP contribution in [0.5, 0.6) is 0 Å². The van der Waals surface area contributed by atoms with Crippen LogP contribution in [-0.4, -0.2) is 0 Å². The molecule has 0 spiro atoms. The molecule has 0 amide bonds. The Balaban J connectivity index is 1.24. The van der Waals surface area contributed by atoms with E-state index >= 15 is 0 Å². The fourth-order valence-electron chi connectivity index (χ4n) is 8.77. The highest BCUT2D eigenvalue weighted by molar-refractivity contribution is 6.06. The van der Waals surface area contributed by atoms with Crippen molar-refractivity contribution < 1.29 is 4.42 Å². The van der Waals surface area contributed by atoms with Gasteiger partial charge in [0.2, 0.25) is 0 Å². The summed E-state index contributed by atoms with van der Waals surface area (Å²) in [4.78, 5) is 2.45. The summed E-state index contributed by atoms with van der Waals surface area (Å²) in [6.45, 7) is 4.75. The molecule has 0 radical (unpaired) electrons. The van der Waals surface area contributed by atoms with E-state index in [1.54, 1.807) is 0 Å². The number of hydrogen-bond donors (Lipinski definition) is 0. The van der Waals surface area contributed by atoms with Gasteiger partial charge in [-0.1, -0.05) is 117 Å². The molecule has 0 unspecified atom stereocenters. The van der Waals surface area contributed by atoms with Crippen molar-refractivity contribution in [2.75, 3.05) is 4.90 Å². The average molecular weight is 658 g/mol. The van der Waals surface area contributed by atoms with E-state index in [0.29, 0.717) is 0 Å². The van der Waals surface area contributed by atoms with Crippen LogP contribution in [0.25, 0.3) is 55.3 Å². The summed E-state index contributed by atoms with van der Waals surface area (Å²) in [6, 6.07) is 55.9. The molecule has 246 valence electrons. The van der Waals surface area contributed by atoms with E-state index < -0.39 is 0 Å². The number of anilines is 3. The minimum atomic E-state index is -0.138. The Morgan fingerprint density at radius 2 is 1.16 bits per heavy atom. The van der Waals surface area contributed by atoms with Crippen LogP contribution in [0.1, 0.15) is 48.9 Å². The number of hydrogen-bond acceptors (Lipinski definition) is 2. The standard InChI is InChI=1S/C49H39NO/c1-49(2)44-18-10-8-16-39(44)43-30-42(36-21-20-33-14-6-7-15-35(33)28-36)46(31-45(43)49)50(37-24-22-34(23-25-37)32-12-4-3-5-13-32)38-26-27-41-40-17-9-11-19-47(40)51-48(41)29-38/h3-5,8-13,16-31H,6-7,14-15H2,1-2H3. The van der Waals surface area contributed by atoms with Gasteiger partial charge in [-0.2, -0.15) is 0 Å². The van der Waals surface area contributed by atoms with Gasteiger partial charge in [0, 0.05) is 39.2 Å². The van der Waals surface area contributed by atoms with Crippen molar-refractivity contribution in [2.24, 2.45) is 0 Å². The molecule has 0 bridgehead atoms. The lowest BCUT2D eigenvalue weighted by Crippen LogP contribution is -2.17. The van der Waals surface area contributed by atoms with Crippen LogP contribution in [0.2, 0.25) is 0 Å². The van der Waals surface area contributed by atoms with Crippen LogP contribution < -0.4 is 4.90 Å². The first-order chi connectivity index (χ1) is 25.0. The monoisotopic (exact) mass is 657 g/mol. The van der Waals surface area contributed by atoms with Gasteiger partial charge in [-0.3, -0.25) is 0 Å². The van der Waals surface area contributed by atoms with Gasteiger partial charge in [-0.25, -0.2) is 0 Å². The van der Waals surface area contributed by atoms with Crippen LogP contribution in [0.3, 0.4) is 0 Å². The van der Waals surface area contributed by atoms with Gasteiger partial charge in [0.1, 0.15) is 11.2 Å². The van der Waals surface area contributed by atoms with E-state index in [1.165, 1.54) is 80.6 Å². The molecule has 2 nitrogen and oxygen atoms in total. The highest BCUT2D eigenvalue weighted by Gasteiger charge is 2.37. The molecule has 51 heavy (non-hydrogen) atoms. The molecule has 10 rings (SSSR count). The van der Waals surface area contributed by atoms with E-state index in [4.69, 9.17) is 4.42 Å². The van der Waals surface area contributed by atoms with E-state index in [1.807, 2.05) is 6.07 Å². The minimum Gasteiger partial charge on any atom is -0.456 e. The Hall–Kier alpha value is -5.86. The van der Waals surface area contributed by atoms with Crippen LogP contribution in [0.4, 0.5) is 17.1 Å². The Morgan fingerprint density at radius 3 is 2.02 bits per heavy atom. The average Bonchev–Trinajstić information content (AvgIpc) is 3.66. The SMILES string of the molecule is CC1(C)c2ccccc2-c2cc(-c3ccc4c(c3)CCCC4)c(N(c3ccc(-c4ccccc4)cc3)c3ccc4c(c3)oc3ccccc34)cc21. The van der Waals surface area contributed by atoms with Crippen LogP contribution >= 0.6 is 0 Å². The first kappa shape index (κ1) is 30.0. The van der Waals surface area contributed by atoms with Gasteiger partial charge in [-0.05, 0) is 118 Å². The van der Waals surface area contributed by atoms with Crippen molar-refractivity contribution >= 4 is 39.0 Å². The van der Waals surface area contributed by atoms with Crippen molar-refractivity contribution in [2.45, 2.75) is 44.9 Å². The van der Waals surface area contributed by atoms with E-state index in [-0.39, 0.29) is 5.41 Å². The first-order valence-corrected chi connectivity index (χ1v) is 18.3. The third-order valence-corrected chi connectivity index (χ3v) is 11.5. The molecular weight excluding hydrogens is 619 g/mol. The number of furan rings is 1. The Bertz CT molecular complexity index is 2610. The number of fused-ring (bicyclic) bond motifs is 7. The maximum atomic E-state index is 6.49. The molecule has 1 aromatic heterocycles. The quantitative estimate of drug-likeness (QED) is 0.183. The number of benzene rings is 7. The summed E-state index contributed by atoms with van der Waals surface area (Å²) in [7, 11) is 0. The number of para-hydroxylation sites is 1. The molecular formula is C49H39NO. The highest BCUT2D eigenvalue weighted by atomic mass is 16.3. The van der Waals surface area contributed by atoms with Crippen molar-refractivity contribution in [1.82, 2.24) is 0 Å². The molecule has 2 aliphatic carbocycles. The molecule has 2 heteroatoms. The normalized spacial score (nSPS) is 14.3. The molecule has 8 aromatic rings. The highest BCUT2D eigenvalue weighted by Crippen LogP contribution is 2.54. The van der Waals surface area contributed by atoms with Gasteiger partial charge < -0.3 is 9.32 Å². The Morgan fingerprint density at radius 1 is 0.471 bits per heavy atom. The summed E-state index contributed by atoms with van der Waals surface area (Å²) in [5.74, 6) is 0. The smallest absolute Gasteiger partial charge is 0.137 e. The van der Waals surface area contributed by atoms with Crippen LogP contribution in [0.15, 0.2) is 156 Å². The van der Waals surface area contributed by atoms with E-state index in [2.05, 4.69) is 164 Å². The van der Waals surface area contributed by atoms with Crippen molar-refractivity contribution in [3.05, 3.63) is 174 Å². The molecule has 7 aromatic carbocycles. The van der Waals surface area contributed by atoms with Crippen LogP contribution in [-0.2, 0) is 18.3 Å². The van der Waals surface area contributed by atoms with E-state index in [9.17, 15) is 0 Å². The van der Waals surface area contributed by atoms with Crippen molar-refractivity contribution in [3.63, 3.8) is 0 Å². The zero-order valence-electron chi connectivity index (χ0n) is 29.1. The number of aryl methyl sites for hydroxylation is 2. The summed E-state index contributed by atoms with van der Waals surface area (Å²) in [6.07, 6.45) is 4.85. The molecule has 0 aliphatic heterocycles. The summed E-state index contributed by atoms with van der Waals surface area (Å²) in [5, 5.41) is 2.28. The van der Waals surface area contributed by atoms with Gasteiger partial charge in [-0.15, -0.1) is 0 Å². The predicted octanol–water partition coefficient (Wildman–Crippen LogP) is 13.6. The summed E-state index contributed by atoms with van der Waals surface area (Å²) < 4.78 is 6.49. The molecule has 0 fully saturated rings. The lowest BCUT2D eigenvalue weighted by Gasteiger charge is -2.31. The molecule has 0 saturated heterocycles. The summed E-state index contributed by atoms with van der Waals surface area (Å²) >= 11 is 0. The fourth-order valence-corrected chi connectivity index (χ4v) is 8.77. The van der Waals surface area contributed by atoms with Crippen molar-refractivity contribution in [1.29, 1.82) is 0 Å². The zero-order valence-corrected chi connectivity index (χ0v) is 29.1. The van der Waals surface area contributed by atoms with Gasteiger partial charge in [0.15, 0.2) is 0 Å². The largest absolute Gasteiger partial charge is 0.456 e. The van der Waals surface area contributed by atoms with Crippen molar-refractivity contribution in [3.8, 4) is 33.4 Å². The minimum absolute atomic E-state index is 0.138. The predicted molar refractivity (Wildman–Crippen MR) is 213 cm³/mol. The fraction of sp³-hybridized carbons (Fsp3) is 0.143. The second kappa shape index (κ2) is 11.6. The van der Waals surface area contributed by atoms with Gasteiger partial charge in [0.25, 0.3) is 0 Å². The number of rotatable bonds is 5. The maximum absolute atomic E-state index is 6.49. The third-order valence-electron chi connectivity index (χ3n) is 11.5. The maximum Gasteiger partial charge on any atom is 0.137 e. The van der Waals surface area contributed by atoms with Gasteiger partial charge in [0.05, 0.1) is 5.69 Å². The molecule has 0 N–H and O–H groups in total.